The van der Waals surface area contributed by atoms with Crippen molar-refractivity contribution in [3.8, 4) is 28.1 Å². The summed E-state index contributed by atoms with van der Waals surface area (Å²) < 4.78 is 8.27. The van der Waals surface area contributed by atoms with Crippen molar-refractivity contribution in [3.63, 3.8) is 0 Å². The molecule has 63 heavy (non-hydrogen) atoms. The second kappa shape index (κ2) is 18.7. The van der Waals surface area contributed by atoms with Crippen LogP contribution in [0.3, 0.4) is 0 Å². The van der Waals surface area contributed by atoms with Crippen LogP contribution in [-0.4, -0.2) is 116 Å². The van der Waals surface area contributed by atoms with Crippen LogP contribution in [0.25, 0.3) is 33.3 Å². The molecule has 0 radical (unpaired) electrons. The van der Waals surface area contributed by atoms with Gasteiger partial charge >= 0.3 is 5.97 Å². The minimum Gasteiger partial charge on any atom is -0.508 e. The number of rotatable bonds is 9. The smallest absolute Gasteiger partial charge is 0.324 e. The number of hydrazine groups is 1. The molecular formula is C47H58N8O8. The van der Waals surface area contributed by atoms with E-state index in [4.69, 9.17) is 9.57 Å². The molecule has 2 aromatic carbocycles. The van der Waals surface area contributed by atoms with Crippen molar-refractivity contribution in [2.24, 2.45) is 17.3 Å². The predicted molar refractivity (Wildman–Crippen MR) is 235 cm³/mol. The summed E-state index contributed by atoms with van der Waals surface area (Å²) in [6.45, 7) is 14.7. The SMILES string of the molecule is C=CC(=O)N1CC[C@@H](C(=O)N(C)CC(C(=O)N[C@H]2Cc3cc(O)cc(c3)-c3ccc4c(c3)c(c(-c3cncnc3)n4CC)CC(C)(C)COC(=O)[C@@H]3CCCN(N3)C2=O)C(C)C)O1. The molecule has 4 amide bonds. The van der Waals surface area contributed by atoms with Crippen LogP contribution in [0.5, 0.6) is 5.75 Å². The molecule has 6 bridgehead atoms. The zero-order chi connectivity index (χ0) is 45.2. The molecule has 5 heterocycles. The van der Waals surface area contributed by atoms with E-state index in [1.165, 1.54) is 16.2 Å². The predicted octanol–water partition coefficient (Wildman–Crippen LogP) is 4.59. The molecule has 16 heteroatoms. The van der Waals surface area contributed by atoms with Crippen molar-refractivity contribution < 1.29 is 38.7 Å². The maximum absolute atomic E-state index is 14.6. The number of carbonyl (C=O) groups is 5. The third-order valence-electron chi connectivity index (χ3n) is 12.2. The number of carbonyl (C=O) groups excluding carboxylic acids is 5. The quantitative estimate of drug-likeness (QED) is 0.158. The number of phenols is 1. The van der Waals surface area contributed by atoms with Gasteiger partial charge in [0.25, 0.3) is 17.7 Å². The lowest BCUT2D eigenvalue weighted by Gasteiger charge is -2.36. The normalized spacial score (nSPS) is 20.8. The maximum atomic E-state index is 14.6. The summed E-state index contributed by atoms with van der Waals surface area (Å²) in [4.78, 5) is 84.0. The van der Waals surface area contributed by atoms with E-state index in [2.05, 4.69) is 64.8 Å². The summed E-state index contributed by atoms with van der Waals surface area (Å²) in [6, 6.07) is 9.43. The molecule has 1 unspecified atom stereocenters. The van der Waals surface area contributed by atoms with Crippen molar-refractivity contribution >= 4 is 40.5 Å². The topological polar surface area (TPSA) is 189 Å². The number of amides is 4. The Morgan fingerprint density at radius 1 is 1.06 bits per heavy atom. The minimum atomic E-state index is -1.13. The van der Waals surface area contributed by atoms with Crippen LogP contribution in [0.15, 0.2) is 67.8 Å². The van der Waals surface area contributed by atoms with Gasteiger partial charge in [-0.3, -0.25) is 33.8 Å². The first kappa shape index (κ1) is 44.9. The molecule has 3 aliphatic rings. The van der Waals surface area contributed by atoms with E-state index in [1.807, 2.05) is 26.0 Å². The fourth-order valence-electron chi connectivity index (χ4n) is 8.89. The third-order valence-corrected chi connectivity index (χ3v) is 12.2. The van der Waals surface area contributed by atoms with E-state index in [-0.39, 0.29) is 50.2 Å². The number of fused-ring (bicyclic) bond motifs is 6. The van der Waals surface area contributed by atoms with Crippen LogP contribution >= 0.6 is 0 Å². The first-order valence-electron chi connectivity index (χ1n) is 21.7. The average Bonchev–Trinajstić information content (AvgIpc) is 3.89. The summed E-state index contributed by atoms with van der Waals surface area (Å²) in [5.41, 5.74) is 8.62. The van der Waals surface area contributed by atoms with Crippen molar-refractivity contribution in [2.45, 2.75) is 91.5 Å². The monoisotopic (exact) mass is 862 g/mol. The number of aromatic nitrogens is 3. The fourth-order valence-corrected chi connectivity index (χ4v) is 8.89. The van der Waals surface area contributed by atoms with Crippen LogP contribution in [0.1, 0.15) is 65.0 Å². The van der Waals surface area contributed by atoms with E-state index in [0.717, 1.165) is 50.0 Å². The Morgan fingerprint density at radius 3 is 2.54 bits per heavy atom. The molecule has 2 aromatic heterocycles. The molecule has 3 aliphatic heterocycles. The van der Waals surface area contributed by atoms with Gasteiger partial charge in [0.2, 0.25) is 5.91 Å². The molecule has 0 spiro atoms. The standard InChI is InChI=1S/C47H58N8O8/c1-8-41(57)55-16-14-40(63-55)45(60)52(7)25-36(28(3)4)43(58)50-38-19-29-17-31(20-33(56)18-29)30-12-13-39-34(21-30)35(42(53(39)9-2)32-23-48-27-49-24-32)22-47(5,6)26-62-46(61)37-11-10-15-54(51-37)44(38)59/h8,12-13,17-18,20-21,23-24,27-28,36-38,40,51,56H,1,9-11,14-16,19,22,25-26H2,2-7H3,(H,50,58)/t36?,37-,38-,40-/m0/s1. The number of esters is 1. The molecule has 0 aliphatic carbocycles. The summed E-state index contributed by atoms with van der Waals surface area (Å²) in [6.07, 6.45) is 7.15. The van der Waals surface area contributed by atoms with E-state index < -0.39 is 53.2 Å². The van der Waals surface area contributed by atoms with Crippen LogP contribution in [-0.2, 0) is 52.9 Å². The van der Waals surface area contributed by atoms with Crippen LogP contribution < -0.4 is 10.7 Å². The highest BCUT2D eigenvalue weighted by molar-refractivity contribution is 5.95. The van der Waals surface area contributed by atoms with E-state index >= 15 is 0 Å². The van der Waals surface area contributed by atoms with Crippen LogP contribution in [0, 0.1) is 17.3 Å². The number of hydrogen-bond acceptors (Lipinski definition) is 11. The first-order valence-corrected chi connectivity index (χ1v) is 21.7. The van der Waals surface area contributed by atoms with Gasteiger partial charge in [-0.1, -0.05) is 46.4 Å². The van der Waals surface area contributed by atoms with Crippen LogP contribution in [0.2, 0.25) is 0 Å². The first-order chi connectivity index (χ1) is 30.1. The Bertz CT molecular complexity index is 2400. The number of hydrogen-bond donors (Lipinski definition) is 3. The van der Waals surface area contributed by atoms with Gasteiger partial charge in [-0.2, -0.15) is 0 Å². The molecule has 334 valence electrons. The number of nitrogens with one attached hydrogen (secondary N) is 2. The number of likely N-dealkylation sites (N-methyl/N-ethyl adjacent to an activating group) is 1. The largest absolute Gasteiger partial charge is 0.508 e. The number of nitrogens with zero attached hydrogens (tertiary/aromatic N) is 6. The van der Waals surface area contributed by atoms with Gasteiger partial charge in [0.15, 0.2) is 6.10 Å². The number of aromatic hydroxyl groups is 1. The molecule has 4 atom stereocenters. The van der Waals surface area contributed by atoms with Gasteiger partial charge < -0.3 is 24.6 Å². The Hall–Kier alpha value is -6.13. The van der Waals surface area contributed by atoms with Crippen molar-refractivity contribution in [1.29, 1.82) is 0 Å². The highest BCUT2D eigenvalue weighted by Crippen LogP contribution is 2.40. The molecule has 3 N–H and O–H groups in total. The van der Waals surface area contributed by atoms with E-state index in [9.17, 15) is 29.1 Å². The highest BCUT2D eigenvalue weighted by Gasteiger charge is 2.38. The fraction of sp³-hybridized carbons (Fsp3) is 0.468. The molecule has 0 saturated carbocycles. The van der Waals surface area contributed by atoms with Gasteiger partial charge in [-0.25, -0.2) is 20.5 Å². The van der Waals surface area contributed by atoms with E-state index in [1.54, 1.807) is 31.6 Å². The molecule has 2 saturated heterocycles. The lowest BCUT2D eigenvalue weighted by atomic mass is 9.84. The van der Waals surface area contributed by atoms with Gasteiger partial charge in [-0.05, 0) is 84.7 Å². The summed E-state index contributed by atoms with van der Waals surface area (Å²) in [7, 11) is 1.58. The van der Waals surface area contributed by atoms with Gasteiger partial charge in [0.1, 0.15) is 24.2 Å². The zero-order valence-corrected chi connectivity index (χ0v) is 36.9. The number of ether oxygens (including phenoxy) is 1. The Kier molecular flexibility index (Phi) is 13.3. The number of aryl methyl sites for hydroxylation is 1. The second-order valence-electron chi connectivity index (χ2n) is 17.9. The van der Waals surface area contributed by atoms with Crippen LogP contribution in [0.4, 0.5) is 0 Å². The summed E-state index contributed by atoms with van der Waals surface area (Å²) in [5, 5.41) is 17.7. The summed E-state index contributed by atoms with van der Waals surface area (Å²) in [5.74, 6) is -3.22. The molecule has 2 fully saturated rings. The van der Waals surface area contributed by atoms with Crippen molar-refractivity contribution in [1.82, 2.24) is 40.2 Å². The summed E-state index contributed by atoms with van der Waals surface area (Å²) >= 11 is 0. The van der Waals surface area contributed by atoms with Gasteiger partial charge in [0.05, 0.1) is 24.8 Å². The average molecular weight is 863 g/mol. The number of hydroxylamine groups is 2. The Morgan fingerprint density at radius 2 is 1.83 bits per heavy atom. The lowest BCUT2D eigenvalue weighted by Crippen LogP contribution is -2.61. The molecular weight excluding hydrogens is 805 g/mol. The Labute approximate surface area is 367 Å². The molecule has 7 rings (SSSR count). The van der Waals surface area contributed by atoms with Crippen molar-refractivity contribution in [2.75, 3.05) is 33.3 Å². The third kappa shape index (κ3) is 9.76. The zero-order valence-electron chi connectivity index (χ0n) is 36.9. The molecule has 16 nitrogen and oxygen atoms in total. The highest BCUT2D eigenvalue weighted by atomic mass is 16.7. The number of cyclic esters (lactones) is 1. The lowest BCUT2D eigenvalue weighted by molar-refractivity contribution is -0.182. The number of phenolic OH excluding ortho intramolecular Hbond substituents is 1. The minimum absolute atomic E-state index is 0.00792. The van der Waals surface area contributed by atoms with Crippen molar-refractivity contribution in [3.05, 3.63) is 78.9 Å². The van der Waals surface area contributed by atoms with E-state index in [0.29, 0.717) is 37.8 Å². The van der Waals surface area contributed by atoms with Gasteiger partial charge in [0, 0.05) is 73.8 Å². The Balaban J connectivity index is 1.25. The maximum Gasteiger partial charge on any atom is 0.324 e. The second-order valence-corrected chi connectivity index (χ2v) is 17.9. The number of benzene rings is 2. The molecule has 4 aromatic rings. The van der Waals surface area contributed by atoms with Gasteiger partial charge in [-0.15, -0.1) is 0 Å².